The summed E-state index contributed by atoms with van der Waals surface area (Å²) in [4.78, 5) is 51.1. The molecule has 4 amide bonds. The fourth-order valence-corrected chi connectivity index (χ4v) is 4.25. The number of rotatable bonds is 5. The number of benzene rings is 1. The van der Waals surface area contributed by atoms with E-state index in [4.69, 9.17) is 5.21 Å². The number of nitrogens with zero attached hydrogens (tertiary/aromatic N) is 1. The molecule has 1 aliphatic rings. The summed E-state index contributed by atoms with van der Waals surface area (Å²) in [5.41, 5.74) is 3.10. The minimum Gasteiger partial charge on any atom is -0.344 e. The summed E-state index contributed by atoms with van der Waals surface area (Å²) < 4.78 is 0. The molecule has 34 heavy (non-hydrogen) atoms. The lowest BCUT2D eigenvalue weighted by Crippen LogP contribution is -2.50. The highest BCUT2D eigenvalue weighted by Gasteiger charge is 2.29. The number of amides is 4. The molecule has 2 rings (SSSR count). The first kappa shape index (κ1) is 27.3. The second-order valence-corrected chi connectivity index (χ2v) is 9.10. The minimum atomic E-state index is -0.783. The van der Waals surface area contributed by atoms with Crippen molar-refractivity contribution in [2.45, 2.75) is 77.2 Å². The van der Waals surface area contributed by atoms with Gasteiger partial charge < -0.3 is 15.5 Å². The lowest BCUT2D eigenvalue weighted by molar-refractivity contribution is -0.138. The maximum atomic E-state index is 13.3. The summed E-state index contributed by atoms with van der Waals surface area (Å²) >= 11 is 0. The largest absolute Gasteiger partial charge is 0.344 e. The van der Waals surface area contributed by atoms with E-state index in [1.54, 1.807) is 29.6 Å². The Morgan fingerprint density at radius 3 is 2.26 bits per heavy atom. The summed E-state index contributed by atoms with van der Waals surface area (Å²) in [5, 5.41) is 14.5. The summed E-state index contributed by atoms with van der Waals surface area (Å²) in [6, 6.07) is 6.36. The van der Waals surface area contributed by atoms with Crippen LogP contribution in [0.5, 0.6) is 0 Å². The molecule has 1 fully saturated rings. The third kappa shape index (κ3) is 9.51. The van der Waals surface area contributed by atoms with Gasteiger partial charge in [-0.25, -0.2) is 5.48 Å². The van der Waals surface area contributed by atoms with Crippen LogP contribution in [0.1, 0.15) is 70.3 Å². The predicted octanol–water partition coefficient (Wildman–Crippen LogP) is 2.78. The number of likely N-dealkylation sites (N-methyl/N-ethyl adjacent to an activating group) is 1. The standard InChI is InChI=1S/C25H38N4O5/c1-18(30)26-21-13-11-19(12-14-21)16-22-25(33)29(2)15-9-7-5-3-4-6-8-10-20(24(32)27-22)17-23(31)28-34/h11-14,20,22,34H,3-10,15-17H2,1-2H3,(H,26,30)(H,27,32)(H,28,31)/t20-,22+/m1/s1. The van der Waals surface area contributed by atoms with E-state index in [1.807, 2.05) is 12.1 Å². The molecule has 0 saturated carbocycles. The van der Waals surface area contributed by atoms with Crippen molar-refractivity contribution >= 4 is 29.3 Å². The number of nitrogens with one attached hydrogen (secondary N) is 3. The highest BCUT2D eigenvalue weighted by Crippen LogP contribution is 2.18. The molecule has 188 valence electrons. The Morgan fingerprint density at radius 1 is 1.03 bits per heavy atom. The van der Waals surface area contributed by atoms with Crippen LogP contribution in [-0.4, -0.2) is 53.4 Å². The van der Waals surface area contributed by atoms with Gasteiger partial charge in [0, 0.05) is 45.0 Å². The molecule has 1 saturated heterocycles. The molecular weight excluding hydrogens is 436 g/mol. The number of hydroxylamine groups is 1. The van der Waals surface area contributed by atoms with E-state index in [1.165, 1.54) is 6.92 Å². The Bertz CT molecular complexity index is 827. The van der Waals surface area contributed by atoms with Gasteiger partial charge in [0.25, 0.3) is 0 Å². The Morgan fingerprint density at radius 2 is 1.65 bits per heavy atom. The molecule has 1 heterocycles. The van der Waals surface area contributed by atoms with Gasteiger partial charge in [-0.05, 0) is 30.5 Å². The first-order valence-corrected chi connectivity index (χ1v) is 12.1. The lowest BCUT2D eigenvalue weighted by Gasteiger charge is -2.26. The second kappa shape index (κ2) is 14.3. The van der Waals surface area contributed by atoms with Crippen molar-refractivity contribution in [1.29, 1.82) is 0 Å². The van der Waals surface area contributed by atoms with Crippen molar-refractivity contribution in [2.24, 2.45) is 5.92 Å². The molecule has 1 aromatic rings. The summed E-state index contributed by atoms with van der Waals surface area (Å²) in [6.07, 6.45) is 7.72. The third-order valence-electron chi connectivity index (χ3n) is 6.18. The van der Waals surface area contributed by atoms with Crippen LogP contribution < -0.4 is 16.1 Å². The Balaban J connectivity index is 2.22. The summed E-state index contributed by atoms with van der Waals surface area (Å²) in [5.74, 6) is -1.96. The van der Waals surface area contributed by atoms with Crippen molar-refractivity contribution in [2.75, 3.05) is 18.9 Å². The molecular formula is C25H38N4O5. The van der Waals surface area contributed by atoms with Crippen LogP contribution in [0, 0.1) is 5.92 Å². The Kier molecular flexibility index (Phi) is 11.5. The zero-order valence-electron chi connectivity index (χ0n) is 20.3. The van der Waals surface area contributed by atoms with E-state index < -0.39 is 17.9 Å². The Labute approximate surface area is 201 Å². The van der Waals surface area contributed by atoms with Crippen molar-refractivity contribution in [3.8, 4) is 0 Å². The molecule has 9 heteroatoms. The molecule has 0 bridgehead atoms. The molecule has 9 nitrogen and oxygen atoms in total. The van der Waals surface area contributed by atoms with Crippen LogP contribution in [0.25, 0.3) is 0 Å². The zero-order chi connectivity index (χ0) is 24.9. The second-order valence-electron chi connectivity index (χ2n) is 9.10. The molecule has 0 spiro atoms. The quantitative estimate of drug-likeness (QED) is 0.385. The van der Waals surface area contributed by atoms with E-state index in [0.29, 0.717) is 18.7 Å². The molecule has 2 atom stereocenters. The number of hydrogen-bond acceptors (Lipinski definition) is 5. The van der Waals surface area contributed by atoms with Crippen LogP contribution in [0.2, 0.25) is 0 Å². The average molecular weight is 475 g/mol. The first-order chi connectivity index (χ1) is 16.3. The monoisotopic (exact) mass is 474 g/mol. The first-order valence-electron chi connectivity index (χ1n) is 12.1. The maximum absolute atomic E-state index is 13.3. The van der Waals surface area contributed by atoms with E-state index in [-0.39, 0.29) is 30.6 Å². The van der Waals surface area contributed by atoms with Gasteiger partial charge in [-0.3, -0.25) is 24.4 Å². The zero-order valence-corrected chi connectivity index (χ0v) is 20.3. The topological polar surface area (TPSA) is 128 Å². The van der Waals surface area contributed by atoms with Gasteiger partial charge in [-0.2, -0.15) is 0 Å². The smallest absolute Gasteiger partial charge is 0.245 e. The van der Waals surface area contributed by atoms with Crippen molar-refractivity contribution < 1.29 is 24.4 Å². The van der Waals surface area contributed by atoms with Gasteiger partial charge in [0.15, 0.2) is 0 Å². The Hall–Kier alpha value is -2.94. The lowest BCUT2D eigenvalue weighted by atomic mass is 9.95. The van der Waals surface area contributed by atoms with E-state index in [2.05, 4.69) is 10.6 Å². The maximum Gasteiger partial charge on any atom is 0.245 e. The SMILES string of the molecule is CC(=O)Nc1ccc(C[C@@H]2NC(=O)[C@@H](CC(=O)NO)CCCCCCCCCN(C)C2=O)cc1. The van der Waals surface area contributed by atoms with Crippen LogP contribution >= 0.6 is 0 Å². The van der Waals surface area contributed by atoms with Gasteiger partial charge in [-0.15, -0.1) is 0 Å². The molecule has 4 N–H and O–H groups in total. The van der Waals surface area contributed by atoms with Crippen molar-refractivity contribution in [3.05, 3.63) is 29.8 Å². The third-order valence-corrected chi connectivity index (χ3v) is 6.18. The fraction of sp³-hybridized carbons (Fsp3) is 0.600. The molecule has 1 aliphatic heterocycles. The van der Waals surface area contributed by atoms with Crippen LogP contribution in [0.3, 0.4) is 0 Å². The van der Waals surface area contributed by atoms with Crippen LogP contribution in [-0.2, 0) is 25.6 Å². The normalized spacial score (nSPS) is 21.1. The predicted molar refractivity (Wildman–Crippen MR) is 129 cm³/mol. The van der Waals surface area contributed by atoms with Crippen LogP contribution in [0.15, 0.2) is 24.3 Å². The van der Waals surface area contributed by atoms with Gasteiger partial charge in [0.1, 0.15) is 6.04 Å². The average Bonchev–Trinajstić information content (AvgIpc) is 2.81. The molecule has 0 aliphatic carbocycles. The molecule has 0 aromatic heterocycles. The number of carbonyl (C=O) groups excluding carboxylic acids is 4. The summed E-state index contributed by atoms with van der Waals surface area (Å²) in [6.45, 7) is 2.05. The number of anilines is 1. The number of carbonyl (C=O) groups is 4. The fourth-order valence-electron chi connectivity index (χ4n) is 4.25. The van der Waals surface area contributed by atoms with Gasteiger partial charge >= 0.3 is 0 Å². The molecule has 0 radical (unpaired) electrons. The minimum absolute atomic E-state index is 0.134. The highest BCUT2D eigenvalue weighted by molar-refractivity contribution is 5.91. The van der Waals surface area contributed by atoms with Crippen molar-refractivity contribution in [1.82, 2.24) is 15.7 Å². The van der Waals surface area contributed by atoms with Gasteiger partial charge in [0.05, 0.1) is 0 Å². The molecule has 0 unspecified atom stereocenters. The van der Waals surface area contributed by atoms with E-state index >= 15 is 0 Å². The van der Waals surface area contributed by atoms with Gasteiger partial charge in [-0.1, -0.05) is 50.7 Å². The highest BCUT2D eigenvalue weighted by atomic mass is 16.5. The number of hydrogen-bond donors (Lipinski definition) is 4. The summed E-state index contributed by atoms with van der Waals surface area (Å²) in [7, 11) is 1.75. The van der Waals surface area contributed by atoms with E-state index in [0.717, 1.165) is 50.5 Å². The van der Waals surface area contributed by atoms with Crippen molar-refractivity contribution in [3.63, 3.8) is 0 Å². The van der Waals surface area contributed by atoms with Crippen LogP contribution in [0.4, 0.5) is 5.69 Å². The van der Waals surface area contributed by atoms with E-state index in [9.17, 15) is 19.2 Å². The van der Waals surface area contributed by atoms with Gasteiger partial charge in [0.2, 0.25) is 23.6 Å². The molecule has 1 aromatic carbocycles.